The van der Waals surface area contributed by atoms with E-state index in [4.69, 9.17) is 10.5 Å². The van der Waals surface area contributed by atoms with Crippen LogP contribution in [0.15, 0.2) is 23.6 Å². The lowest BCUT2D eigenvalue weighted by Crippen LogP contribution is -2.40. The summed E-state index contributed by atoms with van der Waals surface area (Å²) in [5.41, 5.74) is 6.67. The monoisotopic (exact) mass is 349 g/mol. The third-order valence-corrected chi connectivity index (χ3v) is 5.37. The van der Waals surface area contributed by atoms with Gasteiger partial charge in [0.05, 0.1) is 11.5 Å². The molecule has 0 spiro atoms. The molecule has 2 aromatic heterocycles. The molecule has 0 amide bonds. The van der Waals surface area contributed by atoms with E-state index in [2.05, 4.69) is 30.2 Å². The summed E-state index contributed by atoms with van der Waals surface area (Å²) in [6.07, 6.45) is 2.36. The Kier molecular flexibility index (Phi) is 6.67. The zero-order valence-corrected chi connectivity index (χ0v) is 15.2. The summed E-state index contributed by atoms with van der Waals surface area (Å²) in [5.74, 6) is 6.33. The molecule has 124 valence electrons. The zero-order chi connectivity index (χ0) is 16.7. The molecule has 2 heterocycles. The number of hydrogen-bond donors (Lipinski definition) is 2. The maximum Gasteiger partial charge on any atom is 0.174 e. The van der Waals surface area contributed by atoms with Gasteiger partial charge in [-0.3, -0.25) is 0 Å². The van der Waals surface area contributed by atoms with Crippen LogP contribution in [0.25, 0.3) is 0 Å². The van der Waals surface area contributed by atoms with Gasteiger partial charge < -0.3 is 15.6 Å². The molecule has 3 N–H and O–H groups in total. The highest BCUT2D eigenvalue weighted by Crippen LogP contribution is 2.22. The van der Waals surface area contributed by atoms with Crippen LogP contribution in [0, 0.1) is 18.8 Å². The molecular weight excluding hydrogens is 326 g/mol. The molecule has 2 rings (SSSR count). The molecule has 0 aliphatic heterocycles. The Hall–Kier alpha value is -1.32. The van der Waals surface area contributed by atoms with Gasteiger partial charge in [-0.25, -0.2) is 0 Å². The minimum absolute atomic E-state index is 0.00873. The topological polar surface area (TPSA) is 55.5 Å². The third kappa shape index (κ3) is 6.36. The van der Waals surface area contributed by atoms with Crippen molar-refractivity contribution in [1.82, 2.24) is 0 Å². The highest BCUT2D eigenvalue weighted by Gasteiger charge is 2.16. The maximum absolute atomic E-state index is 9.17. The van der Waals surface area contributed by atoms with E-state index in [0.717, 1.165) is 29.2 Å². The van der Waals surface area contributed by atoms with Crippen LogP contribution in [0.4, 0.5) is 0 Å². The fourth-order valence-electron chi connectivity index (χ4n) is 1.90. The van der Waals surface area contributed by atoms with Gasteiger partial charge in [0, 0.05) is 16.8 Å². The van der Waals surface area contributed by atoms with Gasteiger partial charge in [-0.15, -0.1) is 22.7 Å². The molecular formula is C18H23NO2S2. The fourth-order valence-corrected chi connectivity index (χ4v) is 3.56. The van der Waals surface area contributed by atoms with Crippen LogP contribution in [0.2, 0.25) is 0 Å². The highest BCUT2D eigenvalue weighted by molar-refractivity contribution is 7.12. The summed E-state index contributed by atoms with van der Waals surface area (Å²) < 4.78 is 5.64. The second-order valence-electron chi connectivity index (χ2n) is 5.92. The van der Waals surface area contributed by atoms with Crippen molar-refractivity contribution in [2.75, 3.05) is 13.2 Å². The molecule has 0 fully saturated rings. The fraction of sp³-hybridized carbons (Fsp3) is 0.444. The standard InChI is InChI=1S/C18H23NO2S2/c1-14-11-17(22-12-14)21-10-4-3-5-15-6-7-16(23-15)8-9-18(2,19)13-20/h6-7,11-12,20H,4,8-10,13,19H2,1-2H3. The van der Waals surface area contributed by atoms with E-state index in [0.29, 0.717) is 6.61 Å². The number of aryl methyl sites for hydroxylation is 2. The molecule has 0 aromatic carbocycles. The average molecular weight is 350 g/mol. The molecule has 3 nitrogen and oxygen atoms in total. The molecule has 0 aliphatic rings. The van der Waals surface area contributed by atoms with Gasteiger partial charge >= 0.3 is 0 Å². The largest absolute Gasteiger partial charge is 0.483 e. The highest BCUT2D eigenvalue weighted by atomic mass is 32.1. The number of thiophene rings is 2. The molecule has 23 heavy (non-hydrogen) atoms. The van der Waals surface area contributed by atoms with Crippen molar-refractivity contribution in [3.63, 3.8) is 0 Å². The second kappa shape index (κ2) is 8.51. The molecule has 0 aliphatic carbocycles. The van der Waals surface area contributed by atoms with Crippen LogP contribution in [0.3, 0.4) is 0 Å². The molecule has 1 atom stereocenters. The molecule has 1 unspecified atom stereocenters. The van der Waals surface area contributed by atoms with Crippen LogP contribution >= 0.6 is 22.7 Å². The quantitative estimate of drug-likeness (QED) is 0.593. The number of nitrogens with two attached hydrogens (primary N) is 1. The molecule has 5 heteroatoms. The average Bonchev–Trinajstić information content (AvgIpc) is 3.14. The van der Waals surface area contributed by atoms with Gasteiger partial charge in [-0.05, 0) is 55.8 Å². The van der Waals surface area contributed by atoms with Crippen molar-refractivity contribution in [2.45, 2.75) is 38.6 Å². The zero-order valence-electron chi connectivity index (χ0n) is 13.6. The predicted octanol–water partition coefficient (Wildman–Crippen LogP) is 3.58. The van der Waals surface area contributed by atoms with Crippen molar-refractivity contribution in [3.8, 4) is 16.9 Å². The van der Waals surface area contributed by atoms with E-state index in [9.17, 15) is 5.11 Å². The van der Waals surface area contributed by atoms with E-state index >= 15 is 0 Å². The van der Waals surface area contributed by atoms with Crippen LogP contribution in [-0.2, 0) is 6.42 Å². The lowest BCUT2D eigenvalue weighted by molar-refractivity contribution is 0.201. The first-order valence-corrected chi connectivity index (χ1v) is 9.33. The first kappa shape index (κ1) is 18.0. The van der Waals surface area contributed by atoms with Crippen LogP contribution < -0.4 is 10.5 Å². The minimum atomic E-state index is -0.507. The van der Waals surface area contributed by atoms with Gasteiger partial charge in [0.2, 0.25) is 0 Å². The minimum Gasteiger partial charge on any atom is -0.483 e. The number of hydrogen-bond acceptors (Lipinski definition) is 5. The Morgan fingerprint density at radius 1 is 1.39 bits per heavy atom. The second-order valence-corrected chi connectivity index (χ2v) is 7.96. The molecule has 0 radical (unpaired) electrons. The Balaban J connectivity index is 1.74. The summed E-state index contributed by atoms with van der Waals surface area (Å²) in [6.45, 7) is 4.56. The summed E-state index contributed by atoms with van der Waals surface area (Å²) >= 11 is 3.31. The first-order valence-electron chi connectivity index (χ1n) is 7.64. The Labute approximate surface area is 146 Å². The normalized spacial score (nSPS) is 13.2. The van der Waals surface area contributed by atoms with Crippen molar-refractivity contribution < 1.29 is 9.84 Å². The Bertz CT molecular complexity index is 676. The van der Waals surface area contributed by atoms with E-state index in [1.807, 2.05) is 19.1 Å². The lowest BCUT2D eigenvalue weighted by atomic mass is 9.98. The van der Waals surface area contributed by atoms with E-state index in [-0.39, 0.29) is 6.61 Å². The number of aliphatic hydroxyl groups excluding tert-OH is 1. The van der Waals surface area contributed by atoms with E-state index < -0.39 is 5.54 Å². The van der Waals surface area contributed by atoms with Crippen LogP contribution in [0.1, 0.15) is 35.1 Å². The molecule has 0 saturated carbocycles. The molecule has 0 saturated heterocycles. The predicted molar refractivity (Wildman–Crippen MR) is 98.4 cm³/mol. The lowest BCUT2D eigenvalue weighted by Gasteiger charge is -2.20. The van der Waals surface area contributed by atoms with E-state index in [1.165, 1.54) is 10.4 Å². The first-order chi connectivity index (χ1) is 11.0. The van der Waals surface area contributed by atoms with Gasteiger partial charge in [0.1, 0.15) is 6.61 Å². The SMILES string of the molecule is Cc1csc(OCCC#Cc2ccc(CCC(C)(N)CO)s2)c1. The van der Waals surface area contributed by atoms with E-state index in [1.54, 1.807) is 22.7 Å². The summed E-state index contributed by atoms with van der Waals surface area (Å²) in [5, 5.41) is 12.2. The molecule has 0 bridgehead atoms. The summed E-state index contributed by atoms with van der Waals surface area (Å²) in [4.78, 5) is 2.32. The van der Waals surface area contributed by atoms with Crippen molar-refractivity contribution >= 4 is 22.7 Å². The maximum atomic E-state index is 9.17. The summed E-state index contributed by atoms with van der Waals surface area (Å²) in [7, 11) is 0. The van der Waals surface area contributed by atoms with Crippen molar-refractivity contribution in [2.24, 2.45) is 5.73 Å². The van der Waals surface area contributed by atoms with Crippen LogP contribution in [0.5, 0.6) is 5.06 Å². The number of ether oxygens (including phenoxy) is 1. The molecule has 2 aromatic rings. The summed E-state index contributed by atoms with van der Waals surface area (Å²) in [6, 6.07) is 6.18. The van der Waals surface area contributed by atoms with Gasteiger partial charge in [-0.2, -0.15) is 0 Å². The Morgan fingerprint density at radius 3 is 2.91 bits per heavy atom. The van der Waals surface area contributed by atoms with Gasteiger partial charge in [-0.1, -0.05) is 11.8 Å². The third-order valence-electron chi connectivity index (χ3n) is 3.35. The smallest absolute Gasteiger partial charge is 0.174 e. The number of rotatable bonds is 7. The van der Waals surface area contributed by atoms with Gasteiger partial charge in [0.25, 0.3) is 0 Å². The van der Waals surface area contributed by atoms with Gasteiger partial charge in [0.15, 0.2) is 5.06 Å². The Morgan fingerprint density at radius 2 is 2.22 bits per heavy atom. The van der Waals surface area contributed by atoms with Crippen molar-refractivity contribution in [3.05, 3.63) is 38.9 Å². The number of aliphatic hydroxyl groups is 1. The van der Waals surface area contributed by atoms with Crippen molar-refractivity contribution in [1.29, 1.82) is 0 Å². The van der Waals surface area contributed by atoms with Crippen LogP contribution in [-0.4, -0.2) is 23.9 Å².